The highest BCUT2D eigenvalue weighted by Crippen LogP contribution is 2.26. The molecule has 0 aliphatic rings. The molecular weight excluding hydrogens is 324 g/mol. The molecule has 0 rings (SSSR count). The van der Waals surface area contributed by atoms with Crippen LogP contribution in [0.25, 0.3) is 0 Å². The zero-order valence-corrected chi connectivity index (χ0v) is 14.8. The van der Waals surface area contributed by atoms with Gasteiger partial charge < -0.3 is 22.1 Å². The highest BCUT2D eigenvalue weighted by atomic mass is 79.9. The van der Waals surface area contributed by atoms with Gasteiger partial charge in [-0.3, -0.25) is 0 Å². The molecule has 0 saturated heterocycles. The summed E-state index contributed by atoms with van der Waals surface area (Å²) in [4.78, 5) is 0. The summed E-state index contributed by atoms with van der Waals surface area (Å²) in [5.41, 5.74) is 0. The minimum Gasteiger partial charge on any atom is -0.398 e. The lowest BCUT2D eigenvalue weighted by Gasteiger charge is -2.30. The van der Waals surface area contributed by atoms with Crippen LogP contribution >= 0.6 is 15.9 Å². The summed E-state index contributed by atoms with van der Waals surface area (Å²) in [5.74, 6) is 0. The molecule has 0 radical (unpaired) electrons. The smallest absolute Gasteiger partial charge is 0.398 e. The van der Waals surface area contributed by atoms with Crippen molar-refractivity contribution in [3.63, 3.8) is 0 Å². The van der Waals surface area contributed by atoms with Crippen molar-refractivity contribution in [2.75, 3.05) is 40.9 Å². The van der Waals surface area contributed by atoms with Crippen LogP contribution in [0.3, 0.4) is 0 Å². The van der Waals surface area contributed by atoms with Crippen molar-refractivity contribution in [2.45, 2.75) is 18.1 Å². The van der Waals surface area contributed by atoms with E-state index in [0.717, 1.165) is 17.4 Å². The molecule has 0 spiro atoms. The first-order chi connectivity index (χ1) is 8.07. The van der Waals surface area contributed by atoms with Crippen LogP contribution in [0.2, 0.25) is 18.1 Å². The first kappa shape index (κ1) is 17.7. The third kappa shape index (κ3) is 5.07. The van der Waals surface area contributed by atoms with E-state index >= 15 is 0 Å². The molecule has 0 aromatic rings. The van der Waals surface area contributed by atoms with Gasteiger partial charge in [-0.15, -0.1) is 0 Å². The summed E-state index contributed by atoms with van der Waals surface area (Å²) in [6.45, 7) is 0. The van der Waals surface area contributed by atoms with Crippen molar-refractivity contribution in [1.82, 2.24) is 0 Å². The van der Waals surface area contributed by atoms with E-state index < -0.39 is 17.4 Å². The van der Waals surface area contributed by atoms with E-state index in [0.29, 0.717) is 6.04 Å². The number of rotatable bonds is 10. The second-order valence-electron chi connectivity index (χ2n) is 3.55. The Morgan fingerprint density at radius 2 is 1.18 bits per heavy atom. The van der Waals surface area contributed by atoms with Crippen molar-refractivity contribution in [1.29, 1.82) is 0 Å². The molecule has 0 heterocycles. The van der Waals surface area contributed by atoms with Crippen molar-refractivity contribution in [3.05, 3.63) is 0 Å². The van der Waals surface area contributed by atoms with Gasteiger partial charge in [-0.25, -0.2) is 0 Å². The zero-order valence-electron chi connectivity index (χ0n) is 11.2. The van der Waals surface area contributed by atoms with Crippen LogP contribution in [0.4, 0.5) is 0 Å². The predicted octanol–water partition coefficient (Wildman–Crippen LogP) is 1.99. The van der Waals surface area contributed by atoms with E-state index in [9.17, 15) is 0 Å². The van der Waals surface area contributed by atoms with Crippen molar-refractivity contribution in [2.24, 2.45) is 0 Å². The maximum atomic E-state index is 5.60. The van der Waals surface area contributed by atoms with Crippen LogP contribution in [0.1, 0.15) is 0 Å². The molecule has 17 heavy (non-hydrogen) atoms. The largest absolute Gasteiger partial charge is 0.500 e. The van der Waals surface area contributed by atoms with E-state index in [1.165, 1.54) is 0 Å². The van der Waals surface area contributed by atoms with E-state index in [2.05, 4.69) is 15.9 Å². The Hall–Kier alpha value is 0.714. The monoisotopic (exact) mass is 346 g/mol. The predicted molar refractivity (Wildman–Crippen MR) is 74.8 cm³/mol. The van der Waals surface area contributed by atoms with Crippen LogP contribution in [0.5, 0.6) is 0 Å². The molecule has 0 aromatic carbocycles. The summed E-state index contributed by atoms with van der Waals surface area (Å²) < 4.78 is 27.4. The van der Waals surface area contributed by atoms with Gasteiger partial charge in [-0.05, 0) is 6.04 Å². The molecule has 104 valence electrons. The van der Waals surface area contributed by atoms with Crippen LogP contribution < -0.4 is 0 Å². The van der Waals surface area contributed by atoms with Gasteiger partial charge in [0.2, 0.25) is 0 Å². The molecule has 0 bridgehead atoms. The second-order valence-corrected chi connectivity index (χ2v) is 11.1. The van der Waals surface area contributed by atoms with Crippen LogP contribution in [-0.2, 0) is 22.1 Å². The fourth-order valence-electron chi connectivity index (χ4n) is 1.66. The Morgan fingerprint density at radius 1 is 0.706 bits per heavy atom. The average Bonchev–Trinajstić information content (AvgIpc) is 2.39. The Morgan fingerprint density at radius 3 is 1.47 bits per heavy atom. The number of hydrogen-bond donors (Lipinski definition) is 0. The normalized spacial score (nSPS) is 13.1. The topological polar surface area (TPSA) is 46.2 Å². The fourth-order valence-corrected chi connectivity index (χ4v) is 8.85. The van der Waals surface area contributed by atoms with Gasteiger partial charge in [0.05, 0.1) is 0 Å². The summed E-state index contributed by atoms with van der Waals surface area (Å²) >= 11 is 3.43. The van der Waals surface area contributed by atoms with E-state index in [-0.39, 0.29) is 0 Å². The molecule has 0 saturated carbocycles. The fraction of sp³-hybridized carbons (Fsp3) is 1.00. The van der Waals surface area contributed by atoms with Gasteiger partial charge in [0.25, 0.3) is 0 Å². The lowest BCUT2D eigenvalue weighted by molar-refractivity contribution is 0.123. The van der Waals surface area contributed by atoms with Gasteiger partial charge in [0, 0.05) is 53.0 Å². The van der Waals surface area contributed by atoms with E-state index in [4.69, 9.17) is 22.1 Å². The molecule has 0 amide bonds. The lowest BCUT2D eigenvalue weighted by Crippen LogP contribution is -2.47. The summed E-state index contributed by atoms with van der Waals surface area (Å²) in [6.07, 6.45) is 0. The van der Waals surface area contributed by atoms with Crippen molar-refractivity contribution in [3.8, 4) is 0 Å². The second kappa shape index (κ2) is 8.75. The van der Waals surface area contributed by atoms with E-state index in [1.807, 2.05) is 0 Å². The lowest BCUT2D eigenvalue weighted by atomic mass is 10.9. The van der Waals surface area contributed by atoms with Gasteiger partial charge in [-0.2, -0.15) is 0 Å². The molecule has 0 aromatic heterocycles. The standard InChI is InChI=1S/C9H23BrO5Si2/c1-11-16(12-2,7-6-10)8-9-17(13-3,14-4)15-5/h6-9H2,1-5H3. The van der Waals surface area contributed by atoms with Crippen LogP contribution in [-0.4, -0.2) is 58.2 Å². The van der Waals surface area contributed by atoms with Crippen molar-refractivity contribution >= 4 is 33.3 Å². The first-order valence-corrected chi connectivity index (χ1v) is 10.7. The number of alkyl halides is 1. The Kier molecular flexibility index (Phi) is 9.12. The Balaban J connectivity index is 4.56. The summed E-state index contributed by atoms with van der Waals surface area (Å²) in [6, 6.07) is 2.40. The molecule has 0 fully saturated rings. The minimum atomic E-state index is -2.53. The summed E-state index contributed by atoms with van der Waals surface area (Å²) in [5, 5.41) is 0.863. The van der Waals surface area contributed by atoms with Gasteiger partial charge >= 0.3 is 17.4 Å². The average molecular weight is 347 g/mol. The first-order valence-electron chi connectivity index (χ1n) is 5.39. The minimum absolute atomic E-state index is 0.706. The van der Waals surface area contributed by atoms with Gasteiger partial charge in [0.15, 0.2) is 0 Å². The third-order valence-corrected chi connectivity index (χ3v) is 10.8. The zero-order chi connectivity index (χ0) is 13.4. The number of hydrogen-bond acceptors (Lipinski definition) is 5. The van der Waals surface area contributed by atoms with Crippen LogP contribution in [0.15, 0.2) is 0 Å². The maximum Gasteiger partial charge on any atom is 0.500 e. The van der Waals surface area contributed by atoms with Gasteiger partial charge in [-0.1, -0.05) is 15.9 Å². The maximum absolute atomic E-state index is 5.60. The molecule has 5 nitrogen and oxygen atoms in total. The highest BCUT2D eigenvalue weighted by molar-refractivity contribution is 9.09. The number of halogens is 1. The Labute approximate surface area is 114 Å². The molecule has 0 aliphatic carbocycles. The van der Waals surface area contributed by atoms with Crippen LogP contribution in [0, 0.1) is 0 Å². The molecule has 0 unspecified atom stereocenters. The molecular formula is C9H23BrO5Si2. The van der Waals surface area contributed by atoms with Gasteiger partial charge in [0.1, 0.15) is 0 Å². The van der Waals surface area contributed by atoms with Crippen molar-refractivity contribution < 1.29 is 22.1 Å². The molecule has 0 aliphatic heterocycles. The molecule has 8 heteroatoms. The highest BCUT2D eigenvalue weighted by Gasteiger charge is 2.44. The molecule has 0 N–H and O–H groups in total. The SMILES string of the molecule is CO[Si](CCBr)(CC[Si](OC)(OC)OC)OC. The summed E-state index contributed by atoms with van der Waals surface area (Å²) in [7, 11) is 3.57. The quantitative estimate of drug-likeness (QED) is 0.447. The molecule has 0 atom stereocenters. The third-order valence-electron chi connectivity index (χ3n) is 2.96. The van der Waals surface area contributed by atoms with E-state index in [1.54, 1.807) is 35.5 Å². The Bertz CT molecular complexity index is 192.